The molecule has 1 N–H and O–H groups in total. The number of ether oxygens (including phenoxy) is 2. The van der Waals surface area contributed by atoms with Crippen LogP contribution in [-0.2, 0) is 13.0 Å². The number of rotatable bonds is 4. The van der Waals surface area contributed by atoms with Crippen molar-refractivity contribution in [3.63, 3.8) is 0 Å². The lowest BCUT2D eigenvalue weighted by molar-refractivity contribution is 0.171. The number of benzene rings is 2. The van der Waals surface area contributed by atoms with Gasteiger partial charge in [-0.25, -0.2) is 0 Å². The highest BCUT2D eigenvalue weighted by atomic mass is 16.6. The van der Waals surface area contributed by atoms with Gasteiger partial charge in [-0.05, 0) is 41.8 Å². The van der Waals surface area contributed by atoms with Crippen LogP contribution in [0.5, 0.6) is 11.5 Å². The molecule has 3 heteroatoms. The summed E-state index contributed by atoms with van der Waals surface area (Å²) in [7, 11) is 0. The fourth-order valence-electron chi connectivity index (χ4n) is 2.26. The summed E-state index contributed by atoms with van der Waals surface area (Å²) in [5.74, 6) is 1.68. The van der Waals surface area contributed by atoms with E-state index in [-0.39, 0.29) is 0 Å². The molecule has 2 aromatic carbocycles. The standard InChI is InChI=1S/C17H19NO2/c1-2-13-3-6-15(7-4-13)18-12-14-5-8-16-17(11-14)20-10-9-19-16/h3-8,11,18H,2,9-10,12H2,1H3. The van der Waals surface area contributed by atoms with E-state index in [9.17, 15) is 0 Å². The molecule has 2 aromatic rings. The summed E-state index contributed by atoms with van der Waals surface area (Å²) in [4.78, 5) is 0. The Kier molecular flexibility index (Phi) is 3.77. The van der Waals surface area contributed by atoms with Gasteiger partial charge in [0.05, 0.1) is 0 Å². The minimum absolute atomic E-state index is 0.627. The molecule has 1 heterocycles. The average molecular weight is 269 g/mol. The van der Waals surface area contributed by atoms with Gasteiger partial charge in [0.25, 0.3) is 0 Å². The highest BCUT2D eigenvalue weighted by Crippen LogP contribution is 2.30. The molecule has 3 rings (SSSR count). The Morgan fingerprint density at radius 2 is 1.60 bits per heavy atom. The Morgan fingerprint density at radius 3 is 2.35 bits per heavy atom. The second-order valence-corrected chi connectivity index (χ2v) is 4.88. The molecule has 0 amide bonds. The Balaban J connectivity index is 1.65. The normalized spacial score (nSPS) is 13.1. The van der Waals surface area contributed by atoms with Crippen molar-refractivity contribution in [2.75, 3.05) is 18.5 Å². The lowest BCUT2D eigenvalue weighted by atomic mass is 10.1. The Morgan fingerprint density at radius 1 is 0.900 bits per heavy atom. The van der Waals surface area contributed by atoms with E-state index in [1.807, 2.05) is 12.1 Å². The first-order valence-corrected chi connectivity index (χ1v) is 7.06. The SMILES string of the molecule is CCc1ccc(NCc2ccc3c(c2)OCCO3)cc1. The van der Waals surface area contributed by atoms with E-state index in [0.717, 1.165) is 30.2 Å². The van der Waals surface area contributed by atoms with E-state index >= 15 is 0 Å². The summed E-state index contributed by atoms with van der Waals surface area (Å²) in [6.07, 6.45) is 1.07. The molecule has 0 unspecified atom stereocenters. The van der Waals surface area contributed by atoms with Gasteiger partial charge in [0.15, 0.2) is 11.5 Å². The highest BCUT2D eigenvalue weighted by Gasteiger charge is 2.11. The van der Waals surface area contributed by atoms with Crippen molar-refractivity contribution >= 4 is 5.69 Å². The van der Waals surface area contributed by atoms with Gasteiger partial charge in [0.1, 0.15) is 13.2 Å². The number of anilines is 1. The predicted octanol–water partition coefficient (Wildman–Crippen LogP) is 3.63. The summed E-state index contributed by atoms with van der Waals surface area (Å²) >= 11 is 0. The van der Waals surface area contributed by atoms with E-state index in [0.29, 0.717) is 13.2 Å². The van der Waals surface area contributed by atoms with Crippen LogP contribution >= 0.6 is 0 Å². The zero-order valence-corrected chi connectivity index (χ0v) is 11.7. The first-order valence-electron chi connectivity index (χ1n) is 7.06. The number of hydrogen-bond donors (Lipinski definition) is 1. The molecule has 20 heavy (non-hydrogen) atoms. The quantitative estimate of drug-likeness (QED) is 0.919. The summed E-state index contributed by atoms with van der Waals surface area (Å²) in [6.45, 7) is 4.20. The van der Waals surface area contributed by atoms with Crippen LogP contribution in [0.15, 0.2) is 42.5 Å². The number of nitrogens with one attached hydrogen (secondary N) is 1. The van der Waals surface area contributed by atoms with Crippen molar-refractivity contribution < 1.29 is 9.47 Å². The second kappa shape index (κ2) is 5.87. The van der Waals surface area contributed by atoms with Gasteiger partial charge >= 0.3 is 0 Å². The maximum atomic E-state index is 5.59. The molecular formula is C17H19NO2. The van der Waals surface area contributed by atoms with Crippen LogP contribution in [0.2, 0.25) is 0 Å². The fraction of sp³-hybridized carbons (Fsp3) is 0.294. The Labute approximate surface area is 119 Å². The number of aryl methyl sites for hydroxylation is 1. The van der Waals surface area contributed by atoms with E-state index < -0.39 is 0 Å². The van der Waals surface area contributed by atoms with Crippen LogP contribution in [0.4, 0.5) is 5.69 Å². The molecule has 0 radical (unpaired) electrons. The predicted molar refractivity (Wildman–Crippen MR) is 80.6 cm³/mol. The largest absolute Gasteiger partial charge is 0.486 e. The van der Waals surface area contributed by atoms with Gasteiger partial charge in [-0.1, -0.05) is 25.1 Å². The molecule has 0 saturated carbocycles. The maximum Gasteiger partial charge on any atom is 0.161 e. The van der Waals surface area contributed by atoms with E-state index in [1.54, 1.807) is 0 Å². The van der Waals surface area contributed by atoms with E-state index in [1.165, 1.54) is 11.1 Å². The van der Waals surface area contributed by atoms with Gasteiger partial charge in [-0.15, -0.1) is 0 Å². The van der Waals surface area contributed by atoms with Crippen molar-refractivity contribution in [1.29, 1.82) is 0 Å². The van der Waals surface area contributed by atoms with Crippen LogP contribution in [0.1, 0.15) is 18.1 Å². The van der Waals surface area contributed by atoms with Gasteiger partial charge in [-0.2, -0.15) is 0 Å². The lowest BCUT2D eigenvalue weighted by Gasteiger charge is -2.19. The minimum atomic E-state index is 0.627. The fourth-order valence-corrected chi connectivity index (χ4v) is 2.26. The summed E-state index contributed by atoms with van der Waals surface area (Å²) in [5, 5.41) is 3.42. The molecular weight excluding hydrogens is 250 g/mol. The molecule has 0 spiro atoms. The maximum absolute atomic E-state index is 5.59. The topological polar surface area (TPSA) is 30.5 Å². The van der Waals surface area contributed by atoms with Crippen molar-refractivity contribution in [2.24, 2.45) is 0 Å². The molecule has 0 atom stereocenters. The van der Waals surface area contributed by atoms with E-state index in [2.05, 4.69) is 42.6 Å². The first kappa shape index (κ1) is 12.9. The third-order valence-corrected chi connectivity index (χ3v) is 3.47. The van der Waals surface area contributed by atoms with Crippen molar-refractivity contribution in [3.05, 3.63) is 53.6 Å². The van der Waals surface area contributed by atoms with Crippen LogP contribution < -0.4 is 14.8 Å². The van der Waals surface area contributed by atoms with Crippen LogP contribution in [0, 0.1) is 0 Å². The summed E-state index contributed by atoms with van der Waals surface area (Å²) in [5.41, 5.74) is 3.68. The zero-order valence-electron chi connectivity index (χ0n) is 11.7. The zero-order chi connectivity index (χ0) is 13.8. The summed E-state index contributed by atoms with van der Waals surface area (Å²) in [6, 6.07) is 14.7. The van der Waals surface area contributed by atoms with Crippen LogP contribution in [0.3, 0.4) is 0 Å². The van der Waals surface area contributed by atoms with Crippen molar-refractivity contribution in [2.45, 2.75) is 19.9 Å². The van der Waals surface area contributed by atoms with Crippen LogP contribution in [-0.4, -0.2) is 13.2 Å². The molecule has 104 valence electrons. The van der Waals surface area contributed by atoms with Crippen molar-refractivity contribution in [1.82, 2.24) is 0 Å². The lowest BCUT2D eigenvalue weighted by Crippen LogP contribution is -2.15. The van der Waals surface area contributed by atoms with Crippen LogP contribution in [0.25, 0.3) is 0 Å². The van der Waals surface area contributed by atoms with E-state index in [4.69, 9.17) is 9.47 Å². The van der Waals surface area contributed by atoms with Gasteiger partial charge in [0, 0.05) is 12.2 Å². The third-order valence-electron chi connectivity index (χ3n) is 3.47. The van der Waals surface area contributed by atoms with Crippen molar-refractivity contribution in [3.8, 4) is 11.5 Å². The second-order valence-electron chi connectivity index (χ2n) is 4.88. The molecule has 0 saturated heterocycles. The minimum Gasteiger partial charge on any atom is -0.486 e. The molecule has 0 fully saturated rings. The number of fused-ring (bicyclic) bond motifs is 1. The Bertz CT molecular complexity index is 578. The molecule has 3 nitrogen and oxygen atoms in total. The third kappa shape index (κ3) is 2.87. The Hall–Kier alpha value is -2.16. The molecule has 0 bridgehead atoms. The smallest absolute Gasteiger partial charge is 0.161 e. The van der Waals surface area contributed by atoms with Gasteiger partial charge in [0.2, 0.25) is 0 Å². The average Bonchev–Trinajstić information content (AvgIpc) is 2.53. The van der Waals surface area contributed by atoms with Gasteiger partial charge in [-0.3, -0.25) is 0 Å². The molecule has 1 aliphatic heterocycles. The monoisotopic (exact) mass is 269 g/mol. The number of hydrogen-bond acceptors (Lipinski definition) is 3. The first-order chi connectivity index (χ1) is 9.85. The van der Waals surface area contributed by atoms with Gasteiger partial charge < -0.3 is 14.8 Å². The molecule has 0 aromatic heterocycles. The molecule has 1 aliphatic rings. The summed E-state index contributed by atoms with van der Waals surface area (Å²) < 4.78 is 11.1. The highest BCUT2D eigenvalue weighted by molar-refractivity contribution is 5.47. The molecule has 0 aliphatic carbocycles.